The van der Waals surface area contributed by atoms with Crippen LogP contribution in [-0.2, 0) is 12.6 Å². The Morgan fingerprint density at radius 3 is 2.12 bits per heavy atom. The van der Waals surface area contributed by atoms with Crippen LogP contribution in [0.5, 0.6) is 0 Å². The third-order valence-corrected chi connectivity index (χ3v) is 3.37. The molecule has 0 spiro atoms. The SMILES string of the molecule is CC(C)Cc1cc(-c2cc(F)cc(F)c2)nc(C(F)(F)F)c1C(=O)O. The minimum atomic E-state index is -5.03. The lowest BCUT2D eigenvalue weighted by Crippen LogP contribution is -2.19. The number of nitrogens with zero attached hydrogens (tertiary/aromatic N) is 1. The Kier molecular flexibility index (Phi) is 5.10. The van der Waals surface area contributed by atoms with Gasteiger partial charge in [0.15, 0.2) is 5.69 Å². The summed E-state index contributed by atoms with van der Waals surface area (Å²) in [6.45, 7) is 3.42. The molecule has 0 bridgehead atoms. The van der Waals surface area contributed by atoms with Crippen molar-refractivity contribution in [2.24, 2.45) is 5.92 Å². The fourth-order valence-electron chi connectivity index (χ4n) is 2.49. The molecule has 1 aromatic heterocycles. The standard InChI is InChI=1S/C17H14F5NO2/c1-8(2)3-10-6-13(9-4-11(18)7-12(19)5-9)23-15(17(20,21)22)14(10)16(24)25/h4-8H,3H2,1-2H3,(H,24,25). The second-order valence-electron chi connectivity index (χ2n) is 5.95. The molecule has 0 aliphatic carbocycles. The van der Waals surface area contributed by atoms with Crippen LogP contribution < -0.4 is 0 Å². The summed E-state index contributed by atoms with van der Waals surface area (Å²) in [5.74, 6) is -3.85. The fraction of sp³-hybridized carbons (Fsp3) is 0.294. The first-order valence-corrected chi connectivity index (χ1v) is 7.30. The molecule has 0 unspecified atom stereocenters. The van der Waals surface area contributed by atoms with E-state index in [9.17, 15) is 31.9 Å². The van der Waals surface area contributed by atoms with Crippen LogP contribution in [0.4, 0.5) is 22.0 Å². The number of benzene rings is 1. The average molecular weight is 359 g/mol. The number of aromatic carboxylic acids is 1. The third kappa shape index (κ3) is 4.32. The van der Waals surface area contributed by atoms with Gasteiger partial charge in [-0.3, -0.25) is 0 Å². The van der Waals surface area contributed by atoms with Crippen molar-refractivity contribution in [2.45, 2.75) is 26.4 Å². The van der Waals surface area contributed by atoms with Gasteiger partial charge in [0.1, 0.15) is 11.6 Å². The number of carboxylic acids is 1. The molecule has 2 aromatic rings. The van der Waals surface area contributed by atoms with E-state index in [-0.39, 0.29) is 29.2 Å². The summed E-state index contributed by atoms with van der Waals surface area (Å²) in [6.07, 6.45) is -4.99. The molecule has 0 radical (unpaired) electrons. The predicted octanol–water partition coefficient (Wildman–Crippen LogP) is 4.94. The molecular formula is C17H14F5NO2. The van der Waals surface area contributed by atoms with E-state index in [1.807, 2.05) is 0 Å². The summed E-state index contributed by atoms with van der Waals surface area (Å²) in [4.78, 5) is 14.7. The molecule has 25 heavy (non-hydrogen) atoms. The summed E-state index contributed by atoms with van der Waals surface area (Å²) in [7, 11) is 0. The largest absolute Gasteiger partial charge is 0.478 e. The van der Waals surface area contributed by atoms with E-state index in [1.165, 1.54) is 0 Å². The lowest BCUT2D eigenvalue weighted by molar-refractivity contribution is -0.141. The molecule has 134 valence electrons. The second kappa shape index (κ2) is 6.78. The highest BCUT2D eigenvalue weighted by Crippen LogP contribution is 2.35. The molecule has 0 aliphatic rings. The molecule has 0 saturated heterocycles. The summed E-state index contributed by atoms with van der Waals surface area (Å²) in [6, 6.07) is 3.39. The highest BCUT2D eigenvalue weighted by molar-refractivity contribution is 5.91. The molecule has 8 heteroatoms. The monoisotopic (exact) mass is 359 g/mol. The molecule has 0 amide bonds. The maximum absolute atomic E-state index is 13.4. The number of carboxylic acid groups (broad SMARTS) is 1. The first-order chi connectivity index (χ1) is 11.5. The van der Waals surface area contributed by atoms with Crippen molar-refractivity contribution in [3.8, 4) is 11.3 Å². The normalized spacial score (nSPS) is 11.8. The van der Waals surface area contributed by atoms with Crippen molar-refractivity contribution in [3.63, 3.8) is 0 Å². The van der Waals surface area contributed by atoms with Gasteiger partial charge in [-0.2, -0.15) is 13.2 Å². The Morgan fingerprint density at radius 2 is 1.68 bits per heavy atom. The quantitative estimate of drug-likeness (QED) is 0.787. The van der Waals surface area contributed by atoms with Crippen molar-refractivity contribution in [1.82, 2.24) is 4.98 Å². The van der Waals surface area contributed by atoms with Gasteiger partial charge in [-0.25, -0.2) is 18.6 Å². The zero-order valence-corrected chi connectivity index (χ0v) is 13.3. The van der Waals surface area contributed by atoms with Gasteiger partial charge in [0, 0.05) is 11.6 Å². The molecular weight excluding hydrogens is 345 g/mol. The fourth-order valence-corrected chi connectivity index (χ4v) is 2.49. The number of hydrogen-bond acceptors (Lipinski definition) is 2. The number of rotatable bonds is 4. The topological polar surface area (TPSA) is 50.2 Å². The molecule has 0 saturated carbocycles. The van der Waals surface area contributed by atoms with Gasteiger partial charge in [0.25, 0.3) is 0 Å². The molecule has 3 nitrogen and oxygen atoms in total. The lowest BCUT2D eigenvalue weighted by atomic mass is 9.95. The number of carbonyl (C=O) groups is 1. The minimum absolute atomic E-state index is 0.0397. The summed E-state index contributed by atoms with van der Waals surface area (Å²) >= 11 is 0. The van der Waals surface area contributed by atoms with Gasteiger partial charge in [-0.15, -0.1) is 0 Å². The Balaban J connectivity index is 2.80. The maximum atomic E-state index is 13.4. The van der Waals surface area contributed by atoms with E-state index in [1.54, 1.807) is 13.8 Å². The van der Waals surface area contributed by atoms with Crippen LogP contribution in [0.3, 0.4) is 0 Å². The molecule has 1 N–H and O–H groups in total. The smallest absolute Gasteiger partial charge is 0.434 e. The zero-order valence-electron chi connectivity index (χ0n) is 13.3. The Morgan fingerprint density at radius 1 is 1.12 bits per heavy atom. The van der Waals surface area contributed by atoms with Crippen molar-refractivity contribution in [2.75, 3.05) is 0 Å². The molecule has 0 aliphatic heterocycles. The lowest BCUT2D eigenvalue weighted by Gasteiger charge is -2.17. The highest BCUT2D eigenvalue weighted by Gasteiger charge is 2.39. The van der Waals surface area contributed by atoms with E-state index >= 15 is 0 Å². The van der Waals surface area contributed by atoms with Gasteiger partial charge in [0.2, 0.25) is 0 Å². The number of alkyl halides is 3. The summed E-state index contributed by atoms with van der Waals surface area (Å²) in [5.41, 5.74) is -3.17. The van der Waals surface area contributed by atoms with E-state index in [0.717, 1.165) is 18.2 Å². The van der Waals surface area contributed by atoms with Gasteiger partial charge in [0.05, 0.1) is 11.3 Å². The number of halogens is 5. The molecule has 2 rings (SSSR count). The number of hydrogen-bond donors (Lipinski definition) is 1. The van der Waals surface area contributed by atoms with Gasteiger partial charge >= 0.3 is 12.1 Å². The Bertz CT molecular complexity index is 795. The molecule has 0 fully saturated rings. The molecule has 1 heterocycles. The van der Waals surface area contributed by atoms with E-state index < -0.39 is 35.0 Å². The van der Waals surface area contributed by atoms with Crippen LogP contribution in [0, 0.1) is 17.6 Å². The average Bonchev–Trinajstić information content (AvgIpc) is 2.43. The Labute approximate surface area is 140 Å². The van der Waals surface area contributed by atoms with Crippen LogP contribution in [0.25, 0.3) is 11.3 Å². The second-order valence-corrected chi connectivity index (χ2v) is 5.95. The summed E-state index contributed by atoms with van der Waals surface area (Å²) < 4.78 is 66.7. The van der Waals surface area contributed by atoms with Gasteiger partial charge in [-0.1, -0.05) is 13.8 Å². The first-order valence-electron chi connectivity index (χ1n) is 7.30. The van der Waals surface area contributed by atoms with Crippen LogP contribution in [-0.4, -0.2) is 16.1 Å². The molecule has 1 aromatic carbocycles. The van der Waals surface area contributed by atoms with Crippen molar-refractivity contribution < 1.29 is 31.9 Å². The van der Waals surface area contributed by atoms with Crippen LogP contribution >= 0.6 is 0 Å². The van der Waals surface area contributed by atoms with E-state index in [4.69, 9.17) is 0 Å². The first kappa shape index (κ1) is 18.8. The van der Waals surface area contributed by atoms with Crippen LogP contribution in [0.1, 0.15) is 35.5 Å². The van der Waals surface area contributed by atoms with Crippen molar-refractivity contribution in [3.05, 3.63) is 52.7 Å². The summed E-state index contributed by atoms with van der Waals surface area (Å²) in [5, 5.41) is 9.21. The number of pyridine rings is 1. The van der Waals surface area contributed by atoms with Crippen molar-refractivity contribution >= 4 is 5.97 Å². The van der Waals surface area contributed by atoms with E-state index in [2.05, 4.69) is 4.98 Å². The van der Waals surface area contributed by atoms with Crippen molar-refractivity contribution in [1.29, 1.82) is 0 Å². The van der Waals surface area contributed by atoms with Gasteiger partial charge < -0.3 is 5.11 Å². The molecule has 0 atom stereocenters. The highest BCUT2D eigenvalue weighted by atomic mass is 19.4. The zero-order chi connectivity index (χ0) is 18.9. The number of aromatic nitrogens is 1. The minimum Gasteiger partial charge on any atom is -0.478 e. The van der Waals surface area contributed by atoms with E-state index in [0.29, 0.717) is 6.07 Å². The third-order valence-electron chi connectivity index (χ3n) is 3.37. The van der Waals surface area contributed by atoms with Crippen LogP contribution in [0.2, 0.25) is 0 Å². The predicted molar refractivity (Wildman–Crippen MR) is 80.1 cm³/mol. The maximum Gasteiger partial charge on any atom is 0.434 e. The van der Waals surface area contributed by atoms with Crippen LogP contribution in [0.15, 0.2) is 24.3 Å². The van der Waals surface area contributed by atoms with Gasteiger partial charge in [-0.05, 0) is 36.1 Å². The Hall–Kier alpha value is -2.51.